The number of anilines is 5. The molecular formula is C51H56Cl2FN9O4. The number of hydrogen-bond acceptors (Lipinski definition) is 8. The summed E-state index contributed by atoms with van der Waals surface area (Å²) in [6.45, 7) is 18.0. The Morgan fingerprint density at radius 3 is 1.97 bits per heavy atom. The zero-order chi connectivity index (χ0) is 49.0. The second kappa shape index (κ2) is 26.2. The molecule has 6 heterocycles. The number of aromatic nitrogens is 4. The average Bonchev–Trinajstić information content (AvgIpc) is 3.59. The summed E-state index contributed by atoms with van der Waals surface area (Å²) in [5.74, 6) is -0.0929. The molecule has 2 aliphatic heterocycles. The zero-order valence-corrected chi connectivity index (χ0v) is 40.3. The van der Waals surface area contributed by atoms with E-state index >= 15 is 0 Å². The van der Waals surface area contributed by atoms with Crippen molar-refractivity contribution in [3.05, 3.63) is 149 Å². The Bertz CT molecular complexity index is 2670. The molecule has 2 N–H and O–H groups in total. The number of amides is 5. The number of benzene rings is 2. The highest BCUT2D eigenvalue weighted by Crippen LogP contribution is 2.35. The van der Waals surface area contributed by atoms with Gasteiger partial charge in [-0.2, -0.15) is 0 Å². The highest BCUT2D eigenvalue weighted by molar-refractivity contribution is 6.31. The maximum absolute atomic E-state index is 13.9. The summed E-state index contributed by atoms with van der Waals surface area (Å²) in [5.41, 5.74) is 5.24. The van der Waals surface area contributed by atoms with Crippen LogP contribution in [0.5, 0.6) is 0 Å². The van der Waals surface area contributed by atoms with Gasteiger partial charge in [-0.05, 0) is 93.9 Å². The Labute approximate surface area is 402 Å². The van der Waals surface area contributed by atoms with Crippen molar-refractivity contribution in [1.82, 2.24) is 19.9 Å². The lowest BCUT2D eigenvalue weighted by atomic mass is 10.1. The molecule has 0 radical (unpaired) electrons. The monoisotopic (exact) mass is 947 g/mol. The molecule has 350 valence electrons. The van der Waals surface area contributed by atoms with Crippen molar-refractivity contribution >= 4 is 75.7 Å². The number of nitrogens with one attached hydrogen (secondary N) is 2. The number of carbonyl (C=O) groups excluding carboxylic acids is 4. The number of halogens is 3. The fraction of sp³-hybridized carbons (Fsp3) is 0.255. The molecule has 5 amide bonds. The second-order valence-electron chi connectivity index (χ2n) is 14.2. The Morgan fingerprint density at radius 2 is 1.37 bits per heavy atom. The molecule has 13 nitrogen and oxygen atoms in total. The van der Waals surface area contributed by atoms with E-state index in [4.69, 9.17) is 28.2 Å². The number of nitrogens with zero attached hydrogens (tertiary/aromatic N) is 7. The number of urea groups is 2. The van der Waals surface area contributed by atoms with Gasteiger partial charge in [-0.1, -0.05) is 81.2 Å². The standard InChI is InChI=1S/C23H22ClN5O2.C21H16ClFN4O2.C3H6.2C2H6/c1-3-28-20-8-7-19(16-5-4-6-17(24)14-16)27-22(20)29(12-10-21(28)30)23(31)26-18-9-11-25-15(2)13-18;22-14-4-1-3-13(11-14)17-7-6-15-19(28)5-2-10-27(20(15)25-17)21(29)26-18-8-9-24-12-16(18)23;1-3-2;2*1-2/h4-9,11,13-14H,3,10,12H2,1-2H3,(H,25,26,31);1,3-4,6-9,11-12H,2,5,10H2,(H,24,26,29);3H,1H2,2H3;2*1-2H3. The van der Waals surface area contributed by atoms with E-state index in [1.54, 1.807) is 65.7 Å². The van der Waals surface area contributed by atoms with E-state index < -0.39 is 11.8 Å². The maximum Gasteiger partial charge on any atom is 0.327 e. The molecule has 0 spiro atoms. The Kier molecular flexibility index (Phi) is 20.6. The third kappa shape index (κ3) is 14.0. The zero-order valence-electron chi connectivity index (χ0n) is 38.8. The molecule has 0 fully saturated rings. The van der Waals surface area contributed by atoms with E-state index in [0.29, 0.717) is 63.6 Å². The molecule has 8 rings (SSSR count). The number of Topliss-reactive ketones (excluding diaryl/α,β-unsaturated/α-hetero) is 1. The van der Waals surface area contributed by atoms with E-state index in [2.05, 4.69) is 32.2 Å². The summed E-state index contributed by atoms with van der Waals surface area (Å²) in [4.78, 5) is 73.0. The van der Waals surface area contributed by atoms with Gasteiger partial charge in [0.2, 0.25) is 5.91 Å². The van der Waals surface area contributed by atoms with Gasteiger partial charge < -0.3 is 15.5 Å². The quantitative estimate of drug-likeness (QED) is 0.162. The van der Waals surface area contributed by atoms with Crippen LogP contribution in [0.25, 0.3) is 22.5 Å². The fourth-order valence-corrected chi connectivity index (χ4v) is 7.16. The minimum absolute atomic E-state index is 0.00752. The number of hydrogen-bond donors (Lipinski definition) is 2. The van der Waals surface area contributed by atoms with Crippen LogP contribution in [-0.4, -0.2) is 63.3 Å². The molecule has 16 heteroatoms. The van der Waals surface area contributed by atoms with Gasteiger partial charge in [0.15, 0.2) is 17.4 Å². The minimum atomic E-state index is -0.646. The van der Waals surface area contributed by atoms with Crippen molar-refractivity contribution in [1.29, 1.82) is 0 Å². The largest absolute Gasteiger partial charge is 0.327 e. The van der Waals surface area contributed by atoms with E-state index in [0.717, 1.165) is 23.0 Å². The first kappa shape index (κ1) is 52.6. The second-order valence-corrected chi connectivity index (χ2v) is 15.0. The molecular weight excluding hydrogens is 893 g/mol. The summed E-state index contributed by atoms with van der Waals surface area (Å²) < 4.78 is 13.9. The van der Waals surface area contributed by atoms with E-state index in [-0.39, 0.29) is 48.7 Å². The normalized spacial score (nSPS) is 12.5. The molecule has 0 unspecified atom stereocenters. The van der Waals surface area contributed by atoms with Crippen molar-refractivity contribution in [3.63, 3.8) is 0 Å². The lowest BCUT2D eigenvalue weighted by Crippen LogP contribution is -2.36. The molecule has 0 atom stereocenters. The Morgan fingerprint density at radius 1 is 0.776 bits per heavy atom. The lowest BCUT2D eigenvalue weighted by Gasteiger charge is -2.24. The SMILES string of the molecule is C=CC.CC.CC.CCN1C(=O)CCN(C(=O)Nc2ccnc(C)c2)c2nc(-c3cccc(Cl)c3)ccc21.O=C1CCCN(C(=O)Nc2ccncc2F)c2nc(-c3cccc(Cl)c3)ccc21. The topological polar surface area (TPSA) is 154 Å². The minimum Gasteiger partial charge on any atom is -0.309 e. The molecule has 0 saturated carbocycles. The van der Waals surface area contributed by atoms with Gasteiger partial charge in [0, 0.05) is 77.4 Å². The van der Waals surface area contributed by atoms with Crippen LogP contribution >= 0.6 is 23.2 Å². The number of ketones is 1. The molecule has 6 aromatic rings. The van der Waals surface area contributed by atoms with Gasteiger partial charge in [0.05, 0.1) is 34.5 Å². The maximum atomic E-state index is 13.9. The van der Waals surface area contributed by atoms with Crippen LogP contribution in [0.3, 0.4) is 0 Å². The van der Waals surface area contributed by atoms with Crippen LogP contribution in [0, 0.1) is 12.7 Å². The summed E-state index contributed by atoms with van der Waals surface area (Å²) >= 11 is 12.2. The number of rotatable bonds is 5. The van der Waals surface area contributed by atoms with E-state index in [1.807, 2.05) is 84.9 Å². The molecule has 67 heavy (non-hydrogen) atoms. The smallest absolute Gasteiger partial charge is 0.309 e. The first-order valence-corrected chi connectivity index (χ1v) is 22.8. The van der Waals surface area contributed by atoms with Crippen LogP contribution < -0.4 is 25.3 Å². The highest BCUT2D eigenvalue weighted by Gasteiger charge is 2.31. The van der Waals surface area contributed by atoms with Crippen LogP contribution in [0.4, 0.5) is 42.7 Å². The Balaban J connectivity index is 0.000000259. The van der Waals surface area contributed by atoms with Crippen LogP contribution in [0.2, 0.25) is 10.0 Å². The lowest BCUT2D eigenvalue weighted by molar-refractivity contribution is -0.118. The number of fused-ring (bicyclic) bond motifs is 2. The number of pyridine rings is 4. The first-order chi connectivity index (χ1) is 32.4. The summed E-state index contributed by atoms with van der Waals surface area (Å²) in [7, 11) is 0. The van der Waals surface area contributed by atoms with E-state index in [1.165, 1.54) is 22.1 Å². The van der Waals surface area contributed by atoms with Crippen molar-refractivity contribution in [2.45, 2.75) is 67.7 Å². The fourth-order valence-electron chi connectivity index (χ4n) is 6.78. The van der Waals surface area contributed by atoms with Crippen molar-refractivity contribution in [2.24, 2.45) is 0 Å². The Hall–Kier alpha value is -7.03. The van der Waals surface area contributed by atoms with E-state index in [9.17, 15) is 23.6 Å². The van der Waals surface area contributed by atoms with Crippen molar-refractivity contribution < 1.29 is 23.6 Å². The van der Waals surface area contributed by atoms with Crippen LogP contribution in [0.1, 0.15) is 76.9 Å². The summed E-state index contributed by atoms with van der Waals surface area (Å²) in [6, 6.07) is 25.6. The van der Waals surface area contributed by atoms with Gasteiger partial charge >= 0.3 is 12.1 Å². The van der Waals surface area contributed by atoms with Crippen molar-refractivity contribution in [3.8, 4) is 22.5 Å². The van der Waals surface area contributed by atoms with Crippen LogP contribution in [-0.2, 0) is 4.79 Å². The number of allylic oxidation sites excluding steroid dienone is 1. The predicted molar refractivity (Wildman–Crippen MR) is 270 cm³/mol. The molecule has 2 aromatic carbocycles. The summed E-state index contributed by atoms with van der Waals surface area (Å²) in [5, 5.41) is 6.58. The molecule has 0 saturated heterocycles. The molecule has 2 aliphatic rings. The van der Waals surface area contributed by atoms with Gasteiger partial charge in [0.25, 0.3) is 0 Å². The third-order valence-electron chi connectivity index (χ3n) is 9.68. The van der Waals surface area contributed by atoms with Gasteiger partial charge in [0.1, 0.15) is 5.82 Å². The highest BCUT2D eigenvalue weighted by atomic mass is 35.5. The molecule has 0 bridgehead atoms. The van der Waals surface area contributed by atoms with Gasteiger partial charge in [-0.15, -0.1) is 6.58 Å². The first-order valence-electron chi connectivity index (χ1n) is 22.0. The van der Waals surface area contributed by atoms with Gasteiger partial charge in [-0.25, -0.2) is 23.9 Å². The van der Waals surface area contributed by atoms with Crippen LogP contribution in [0.15, 0.2) is 122 Å². The third-order valence-corrected chi connectivity index (χ3v) is 10.1. The molecule has 4 aromatic heterocycles. The number of aryl methyl sites for hydroxylation is 1. The predicted octanol–water partition coefficient (Wildman–Crippen LogP) is 13.1. The number of carbonyl (C=O) groups is 4. The average molecular weight is 949 g/mol. The summed E-state index contributed by atoms with van der Waals surface area (Å²) in [6.07, 6.45) is 6.78. The van der Waals surface area contributed by atoms with Crippen molar-refractivity contribution in [2.75, 3.05) is 45.0 Å². The molecule has 0 aliphatic carbocycles. The van der Waals surface area contributed by atoms with Gasteiger partial charge in [-0.3, -0.25) is 29.4 Å².